The minimum atomic E-state index is -0.519. The van der Waals surface area contributed by atoms with Gasteiger partial charge in [-0.15, -0.1) is 11.3 Å². The van der Waals surface area contributed by atoms with Gasteiger partial charge in [-0.3, -0.25) is 0 Å². The molecule has 1 aliphatic carbocycles. The summed E-state index contributed by atoms with van der Waals surface area (Å²) < 4.78 is 5.28. The van der Waals surface area contributed by atoms with Crippen molar-refractivity contribution >= 4 is 11.3 Å². The molecule has 0 saturated carbocycles. The van der Waals surface area contributed by atoms with Gasteiger partial charge in [0, 0.05) is 10.4 Å². The summed E-state index contributed by atoms with van der Waals surface area (Å²) in [7, 11) is 1.69. The smallest absolute Gasteiger partial charge is 0.119 e. The second kappa shape index (κ2) is 4.60. The standard InChI is InChI=1S/C16H16N2OS/c1-16(2,9-17)15-18-14-12-6-5-11(19-3)8-10(12)4-7-13(14)20-15/h5-6,8H,4,7H2,1-3H3. The lowest BCUT2D eigenvalue weighted by Crippen LogP contribution is -2.13. The molecular formula is C16H16N2OS. The Hall–Kier alpha value is -1.86. The van der Waals surface area contributed by atoms with E-state index in [-0.39, 0.29) is 0 Å². The summed E-state index contributed by atoms with van der Waals surface area (Å²) in [6.07, 6.45) is 2.00. The molecule has 3 rings (SSSR count). The minimum absolute atomic E-state index is 0.519. The van der Waals surface area contributed by atoms with Crippen molar-refractivity contribution in [2.24, 2.45) is 0 Å². The van der Waals surface area contributed by atoms with Gasteiger partial charge in [0.2, 0.25) is 0 Å². The summed E-state index contributed by atoms with van der Waals surface area (Å²) in [5, 5.41) is 10.2. The van der Waals surface area contributed by atoms with Crippen molar-refractivity contribution in [1.29, 1.82) is 5.26 Å². The van der Waals surface area contributed by atoms with E-state index in [1.165, 1.54) is 16.0 Å². The molecular weight excluding hydrogens is 268 g/mol. The van der Waals surface area contributed by atoms with E-state index in [0.29, 0.717) is 0 Å². The van der Waals surface area contributed by atoms with Crippen LogP contribution in [-0.4, -0.2) is 12.1 Å². The summed E-state index contributed by atoms with van der Waals surface area (Å²) >= 11 is 1.68. The Morgan fingerprint density at radius 2 is 2.15 bits per heavy atom. The molecule has 0 unspecified atom stereocenters. The monoisotopic (exact) mass is 284 g/mol. The van der Waals surface area contributed by atoms with Crippen molar-refractivity contribution in [3.05, 3.63) is 33.6 Å². The number of fused-ring (bicyclic) bond motifs is 3. The second-order valence-corrected chi connectivity index (χ2v) is 6.63. The lowest BCUT2D eigenvalue weighted by molar-refractivity contribution is 0.414. The van der Waals surface area contributed by atoms with Gasteiger partial charge >= 0.3 is 0 Å². The molecule has 1 aliphatic rings. The van der Waals surface area contributed by atoms with Gasteiger partial charge in [0.25, 0.3) is 0 Å². The van der Waals surface area contributed by atoms with Gasteiger partial charge in [-0.1, -0.05) is 0 Å². The number of ether oxygens (including phenoxy) is 1. The Balaban J connectivity index is 2.11. The van der Waals surface area contributed by atoms with Crippen LogP contribution in [0.3, 0.4) is 0 Å². The fourth-order valence-electron chi connectivity index (χ4n) is 2.43. The molecule has 0 aliphatic heterocycles. The van der Waals surface area contributed by atoms with Crippen molar-refractivity contribution in [3.63, 3.8) is 0 Å². The maximum atomic E-state index is 9.27. The first-order chi connectivity index (χ1) is 9.55. The Kier molecular flexibility index (Phi) is 3.02. The van der Waals surface area contributed by atoms with Crippen molar-refractivity contribution in [1.82, 2.24) is 4.98 Å². The highest BCUT2D eigenvalue weighted by Gasteiger charge is 2.28. The zero-order valence-electron chi connectivity index (χ0n) is 11.9. The van der Waals surface area contributed by atoms with Gasteiger partial charge in [-0.05, 0) is 50.5 Å². The third-order valence-corrected chi connectivity index (χ3v) is 5.14. The average molecular weight is 284 g/mol. The molecule has 4 heteroatoms. The molecule has 1 aromatic carbocycles. The fraction of sp³-hybridized carbons (Fsp3) is 0.375. The van der Waals surface area contributed by atoms with Crippen LogP contribution in [0.15, 0.2) is 18.2 Å². The van der Waals surface area contributed by atoms with Gasteiger partial charge < -0.3 is 4.74 Å². The van der Waals surface area contributed by atoms with Gasteiger partial charge in [-0.25, -0.2) is 4.98 Å². The SMILES string of the molecule is COc1ccc2c(c1)CCc1sc(C(C)(C)C#N)nc1-2. The van der Waals surface area contributed by atoms with Crippen LogP contribution in [0.5, 0.6) is 5.75 Å². The normalized spacial score (nSPS) is 13.3. The summed E-state index contributed by atoms with van der Waals surface area (Å²) in [6, 6.07) is 8.48. The number of benzene rings is 1. The number of hydrogen-bond acceptors (Lipinski definition) is 4. The van der Waals surface area contributed by atoms with Crippen LogP contribution in [0.2, 0.25) is 0 Å². The predicted octanol–water partition coefficient (Wildman–Crippen LogP) is 3.72. The van der Waals surface area contributed by atoms with Crippen LogP contribution < -0.4 is 4.74 Å². The number of rotatable bonds is 2. The van der Waals surface area contributed by atoms with E-state index in [1.807, 2.05) is 19.9 Å². The molecule has 2 aromatic rings. The third kappa shape index (κ3) is 1.99. The number of hydrogen-bond donors (Lipinski definition) is 0. The van der Waals surface area contributed by atoms with Gasteiger partial charge in [-0.2, -0.15) is 5.26 Å². The first-order valence-corrected chi connectivity index (χ1v) is 7.45. The Labute approximate surface area is 122 Å². The Morgan fingerprint density at radius 1 is 1.35 bits per heavy atom. The van der Waals surface area contributed by atoms with Crippen molar-refractivity contribution < 1.29 is 4.74 Å². The summed E-state index contributed by atoms with van der Waals surface area (Å²) in [5.74, 6) is 0.889. The largest absolute Gasteiger partial charge is 0.497 e. The number of nitrogens with zero attached hydrogens (tertiary/aromatic N) is 2. The topological polar surface area (TPSA) is 45.9 Å². The van der Waals surface area contributed by atoms with Crippen molar-refractivity contribution in [2.75, 3.05) is 7.11 Å². The van der Waals surface area contributed by atoms with E-state index in [9.17, 15) is 5.26 Å². The third-order valence-electron chi connectivity index (χ3n) is 3.70. The summed E-state index contributed by atoms with van der Waals surface area (Å²) in [5.41, 5.74) is 3.00. The van der Waals surface area contributed by atoms with Gasteiger partial charge in [0.05, 0.1) is 18.9 Å². The highest BCUT2D eigenvalue weighted by molar-refractivity contribution is 7.12. The lowest BCUT2D eigenvalue weighted by atomic mass is 9.93. The van der Waals surface area contributed by atoms with E-state index in [2.05, 4.69) is 18.2 Å². The maximum absolute atomic E-state index is 9.27. The molecule has 0 atom stereocenters. The number of aryl methyl sites for hydroxylation is 2. The quantitative estimate of drug-likeness (QED) is 0.844. The van der Waals surface area contributed by atoms with Gasteiger partial charge in [0.15, 0.2) is 0 Å². The zero-order chi connectivity index (χ0) is 14.3. The number of methoxy groups -OCH3 is 1. The fourth-order valence-corrected chi connectivity index (χ4v) is 3.56. The zero-order valence-corrected chi connectivity index (χ0v) is 12.7. The van der Waals surface area contributed by atoms with E-state index in [1.54, 1.807) is 18.4 Å². The van der Waals surface area contributed by atoms with Crippen molar-refractivity contribution in [2.45, 2.75) is 32.1 Å². The van der Waals surface area contributed by atoms with Crippen LogP contribution in [0, 0.1) is 11.3 Å². The molecule has 0 fully saturated rings. The first-order valence-electron chi connectivity index (χ1n) is 6.64. The summed E-state index contributed by atoms with van der Waals surface area (Å²) in [4.78, 5) is 6.04. The lowest BCUT2D eigenvalue weighted by Gasteiger charge is -2.15. The van der Waals surface area contributed by atoms with Crippen LogP contribution in [0.4, 0.5) is 0 Å². The molecule has 0 N–H and O–H groups in total. The van der Waals surface area contributed by atoms with Crippen molar-refractivity contribution in [3.8, 4) is 23.1 Å². The average Bonchev–Trinajstić information content (AvgIpc) is 2.91. The molecule has 0 bridgehead atoms. The van der Waals surface area contributed by atoms with E-state index < -0.39 is 5.41 Å². The summed E-state index contributed by atoms with van der Waals surface area (Å²) in [6.45, 7) is 3.85. The highest BCUT2D eigenvalue weighted by atomic mass is 32.1. The Morgan fingerprint density at radius 3 is 2.85 bits per heavy atom. The molecule has 20 heavy (non-hydrogen) atoms. The van der Waals surface area contributed by atoms with Crippen LogP contribution in [0.1, 0.15) is 29.3 Å². The van der Waals surface area contributed by atoms with Crippen LogP contribution >= 0.6 is 11.3 Å². The molecule has 1 aromatic heterocycles. The molecule has 0 amide bonds. The molecule has 0 spiro atoms. The van der Waals surface area contributed by atoms with Crippen LogP contribution in [0.25, 0.3) is 11.3 Å². The number of nitriles is 1. The second-order valence-electron chi connectivity index (χ2n) is 5.55. The highest BCUT2D eigenvalue weighted by Crippen LogP contribution is 2.40. The van der Waals surface area contributed by atoms with E-state index in [0.717, 1.165) is 29.3 Å². The molecule has 0 saturated heterocycles. The molecule has 1 heterocycles. The molecule has 0 radical (unpaired) electrons. The first kappa shape index (κ1) is 13.1. The molecule has 3 nitrogen and oxygen atoms in total. The predicted molar refractivity (Wildman–Crippen MR) is 80.1 cm³/mol. The Bertz CT molecular complexity index is 710. The number of aromatic nitrogens is 1. The van der Waals surface area contributed by atoms with E-state index >= 15 is 0 Å². The van der Waals surface area contributed by atoms with E-state index in [4.69, 9.17) is 9.72 Å². The van der Waals surface area contributed by atoms with Gasteiger partial charge in [0.1, 0.15) is 16.2 Å². The number of thiazole rings is 1. The van der Waals surface area contributed by atoms with Crippen LogP contribution in [-0.2, 0) is 18.3 Å². The minimum Gasteiger partial charge on any atom is -0.497 e. The molecule has 102 valence electrons. The maximum Gasteiger partial charge on any atom is 0.119 e.